The van der Waals surface area contributed by atoms with Crippen LogP contribution in [0.1, 0.15) is 18.1 Å². The van der Waals surface area contributed by atoms with Gasteiger partial charge in [0.1, 0.15) is 5.75 Å². The summed E-state index contributed by atoms with van der Waals surface area (Å²) in [6.45, 7) is 0.873. The van der Waals surface area contributed by atoms with Crippen LogP contribution in [-0.2, 0) is 13.0 Å². The second-order valence-corrected chi connectivity index (χ2v) is 3.40. The van der Waals surface area contributed by atoms with Gasteiger partial charge in [0.2, 0.25) is 0 Å². The molecule has 1 aromatic rings. The zero-order valence-electron chi connectivity index (χ0n) is 8.97. The Morgan fingerprint density at radius 3 is 2.50 bits per heavy atom. The molecule has 0 bridgehead atoms. The highest BCUT2D eigenvalue weighted by atomic mass is 19.4. The van der Waals surface area contributed by atoms with E-state index in [1.165, 1.54) is 0 Å². The molecular weight excluding hydrogens is 219 g/mol. The third kappa shape index (κ3) is 3.73. The van der Waals surface area contributed by atoms with Crippen molar-refractivity contribution in [1.29, 1.82) is 0 Å². The Bertz CT molecular complexity index is 350. The van der Waals surface area contributed by atoms with Gasteiger partial charge in [0, 0.05) is 6.54 Å². The lowest BCUT2D eigenvalue weighted by molar-refractivity contribution is -0.153. The van der Waals surface area contributed by atoms with Gasteiger partial charge in [-0.1, -0.05) is 19.1 Å². The molecule has 1 rings (SSSR count). The van der Waals surface area contributed by atoms with E-state index in [4.69, 9.17) is 10.5 Å². The number of hydrogen-bond acceptors (Lipinski definition) is 2. The normalized spacial score (nSPS) is 11.6. The number of alkyl halides is 3. The molecule has 0 saturated carbocycles. The van der Waals surface area contributed by atoms with Crippen LogP contribution in [0.2, 0.25) is 0 Å². The van der Waals surface area contributed by atoms with Crippen LogP contribution in [-0.4, -0.2) is 12.8 Å². The number of hydrogen-bond donors (Lipinski definition) is 1. The van der Waals surface area contributed by atoms with E-state index in [0.29, 0.717) is 6.42 Å². The number of rotatable bonds is 4. The third-order valence-corrected chi connectivity index (χ3v) is 2.14. The first-order chi connectivity index (χ1) is 7.46. The summed E-state index contributed by atoms with van der Waals surface area (Å²) in [5.41, 5.74) is 6.92. The standard InChI is InChI=1S/C11H14F3NO/c1-2-9-4-3-8(6-15)5-10(9)16-7-11(12,13)14/h3-5H,2,6-7,15H2,1H3. The first-order valence-electron chi connectivity index (χ1n) is 4.97. The predicted molar refractivity (Wildman–Crippen MR) is 55.3 cm³/mol. The molecular formula is C11H14F3NO. The van der Waals surface area contributed by atoms with Gasteiger partial charge in [-0.15, -0.1) is 0 Å². The van der Waals surface area contributed by atoms with Gasteiger partial charge in [0.05, 0.1) is 0 Å². The fourth-order valence-electron chi connectivity index (χ4n) is 1.31. The van der Waals surface area contributed by atoms with Crippen LogP contribution in [0.15, 0.2) is 18.2 Å². The van der Waals surface area contributed by atoms with Crippen molar-refractivity contribution in [3.05, 3.63) is 29.3 Å². The van der Waals surface area contributed by atoms with E-state index in [9.17, 15) is 13.2 Å². The summed E-state index contributed by atoms with van der Waals surface area (Å²) >= 11 is 0. The maximum Gasteiger partial charge on any atom is 0.422 e. The molecule has 0 unspecified atom stereocenters. The molecule has 0 heterocycles. The Morgan fingerprint density at radius 1 is 1.31 bits per heavy atom. The van der Waals surface area contributed by atoms with E-state index in [1.807, 2.05) is 6.92 Å². The van der Waals surface area contributed by atoms with Gasteiger partial charge >= 0.3 is 6.18 Å². The summed E-state index contributed by atoms with van der Waals surface area (Å²) in [6, 6.07) is 5.09. The smallest absolute Gasteiger partial charge is 0.422 e. The molecule has 0 spiro atoms. The maximum atomic E-state index is 12.0. The number of benzene rings is 1. The van der Waals surface area contributed by atoms with Crippen LogP contribution in [0.4, 0.5) is 13.2 Å². The fraction of sp³-hybridized carbons (Fsp3) is 0.455. The van der Waals surface area contributed by atoms with E-state index < -0.39 is 12.8 Å². The minimum absolute atomic E-state index is 0.266. The van der Waals surface area contributed by atoms with Crippen molar-refractivity contribution >= 4 is 0 Å². The second kappa shape index (κ2) is 5.21. The molecule has 0 radical (unpaired) electrons. The number of ether oxygens (including phenoxy) is 1. The molecule has 90 valence electrons. The molecule has 0 aliphatic heterocycles. The lowest BCUT2D eigenvalue weighted by Gasteiger charge is -2.13. The summed E-state index contributed by atoms with van der Waals surface area (Å²) in [7, 11) is 0. The highest BCUT2D eigenvalue weighted by molar-refractivity contribution is 5.37. The average molecular weight is 233 g/mol. The van der Waals surface area contributed by atoms with E-state index in [-0.39, 0.29) is 12.3 Å². The molecule has 2 N–H and O–H groups in total. The number of aryl methyl sites for hydroxylation is 1. The molecule has 0 amide bonds. The van der Waals surface area contributed by atoms with Crippen molar-refractivity contribution in [2.24, 2.45) is 5.73 Å². The van der Waals surface area contributed by atoms with E-state index in [2.05, 4.69) is 0 Å². The average Bonchev–Trinajstić information content (AvgIpc) is 2.25. The molecule has 16 heavy (non-hydrogen) atoms. The second-order valence-electron chi connectivity index (χ2n) is 3.40. The number of halogens is 3. The highest BCUT2D eigenvalue weighted by Crippen LogP contribution is 2.24. The molecule has 2 nitrogen and oxygen atoms in total. The maximum absolute atomic E-state index is 12.0. The van der Waals surface area contributed by atoms with Gasteiger partial charge in [-0.05, 0) is 23.6 Å². The number of nitrogens with two attached hydrogens (primary N) is 1. The van der Waals surface area contributed by atoms with Crippen LogP contribution in [0.3, 0.4) is 0 Å². The van der Waals surface area contributed by atoms with Gasteiger partial charge in [0.15, 0.2) is 6.61 Å². The first-order valence-corrected chi connectivity index (χ1v) is 4.97. The molecule has 0 aliphatic rings. The predicted octanol–water partition coefficient (Wildman–Crippen LogP) is 2.65. The summed E-state index contributed by atoms with van der Waals surface area (Å²) in [6.07, 6.45) is -3.69. The van der Waals surface area contributed by atoms with E-state index in [0.717, 1.165) is 11.1 Å². The van der Waals surface area contributed by atoms with Crippen molar-refractivity contribution in [1.82, 2.24) is 0 Å². The molecule has 0 aromatic heterocycles. The van der Waals surface area contributed by atoms with Crippen LogP contribution in [0.5, 0.6) is 5.75 Å². The highest BCUT2D eigenvalue weighted by Gasteiger charge is 2.28. The minimum Gasteiger partial charge on any atom is -0.484 e. The lowest BCUT2D eigenvalue weighted by atomic mass is 10.1. The summed E-state index contributed by atoms with van der Waals surface area (Å²) in [5, 5.41) is 0. The third-order valence-electron chi connectivity index (χ3n) is 2.14. The van der Waals surface area contributed by atoms with Crippen LogP contribution < -0.4 is 10.5 Å². The Kier molecular flexibility index (Phi) is 4.18. The molecule has 5 heteroatoms. The zero-order valence-corrected chi connectivity index (χ0v) is 8.97. The van der Waals surface area contributed by atoms with Gasteiger partial charge in [0.25, 0.3) is 0 Å². The summed E-state index contributed by atoms with van der Waals surface area (Å²) in [4.78, 5) is 0. The van der Waals surface area contributed by atoms with Gasteiger partial charge in [-0.2, -0.15) is 13.2 Å². The van der Waals surface area contributed by atoms with Gasteiger partial charge < -0.3 is 10.5 Å². The van der Waals surface area contributed by atoms with Gasteiger partial charge in [-0.3, -0.25) is 0 Å². The summed E-state index contributed by atoms with van der Waals surface area (Å²) in [5.74, 6) is 0.266. The Balaban J connectivity index is 2.83. The molecule has 1 aromatic carbocycles. The van der Waals surface area contributed by atoms with Crippen molar-refractivity contribution < 1.29 is 17.9 Å². The molecule has 0 fully saturated rings. The molecule has 0 aliphatic carbocycles. The van der Waals surface area contributed by atoms with Crippen molar-refractivity contribution in [3.8, 4) is 5.75 Å². The Hall–Kier alpha value is -1.23. The van der Waals surface area contributed by atoms with E-state index >= 15 is 0 Å². The Morgan fingerprint density at radius 2 is 2.00 bits per heavy atom. The van der Waals surface area contributed by atoms with Crippen LogP contribution in [0, 0.1) is 0 Å². The zero-order chi connectivity index (χ0) is 12.2. The Labute approximate surface area is 92.2 Å². The quantitative estimate of drug-likeness (QED) is 0.867. The van der Waals surface area contributed by atoms with Gasteiger partial charge in [-0.25, -0.2) is 0 Å². The summed E-state index contributed by atoms with van der Waals surface area (Å²) < 4.78 is 40.8. The van der Waals surface area contributed by atoms with Crippen LogP contribution >= 0.6 is 0 Å². The largest absolute Gasteiger partial charge is 0.484 e. The van der Waals surface area contributed by atoms with Crippen molar-refractivity contribution in [2.45, 2.75) is 26.1 Å². The minimum atomic E-state index is -4.32. The SMILES string of the molecule is CCc1ccc(CN)cc1OCC(F)(F)F. The molecule has 0 atom stereocenters. The lowest BCUT2D eigenvalue weighted by Crippen LogP contribution is -2.19. The van der Waals surface area contributed by atoms with Crippen molar-refractivity contribution in [2.75, 3.05) is 6.61 Å². The van der Waals surface area contributed by atoms with Crippen LogP contribution in [0.25, 0.3) is 0 Å². The fourth-order valence-corrected chi connectivity index (χ4v) is 1.31. The molecule has 0 saturated heterocycles. The topological polar surface area (TPSA) is 35.2 Å². The first kappa shape index (κ1) is 12.8. The van der Waals surface area contributed by atoms with Crippen molar-refractivity contribution in [3.63, 3.8) is 0 Å². The monoisotopic (exact) mass is 233 g/mol. The van der Waals surface area contributed by atoms with E-state index in [1.54, 1.807) is 18.2 Å².